The molecule has 0 saturated carbocycles. The van der Waals surface area contributed by atoms with E-state index in [2.05, 4.69) is 35.9 Å². The molecule has 0 aromatic heterocycles. The molecule has 2 heterocycles. The van der Waals surface area contributed by atoms with E-state index in [1.807, 2.05) is 6.08 Å². The molecule has 2 aliphatic heterocycles. The molecule has 1 aromatic rings. The molecule has 0 radical (unpaired) electrons. The van der Waals surface area contributed by atoms with Crippen LogP contribution in [0.4, 0.5) is 5.69 Å². The zero-order chi connectivity index (χ0) is 19.1. The van der Waals surface area contributed by atoms with Crippen molar-refractivity contribution in [3.63, 3.8) is 0 Å². The highest BCUT2D eigenvalue weighted by Gasteiger charge is 2.23. The molecule has 0 fully saturated rings. The van der Waals surface area contributed by atoms with Crippen molar-refractivity contribution < 1.29 is 9.53 Å². The first-order chi connectivity index (χ1) is 13.2. The average molecular weight is 369 g/mol. The van der Waals surface area contributed by atoms with Gasteiger partial charge in [-0.15, -0.1) is 0 Å². The Balaban J connectivity index is 1.68. The third kappa shape index (κ3) is 5.21. The van der Waals surface area contributed by atoms with Gasteiger partial charge in [0.2, 0.25) is 0 Å². The van der Waals surface area contributed by atoms with E-state index in [1.54, 1.807) is 0 Å². The summed E-state index contributed by atoms with van der Waals surface area (Å²) in [6.07, 6.45) is 13.4. The van der Waals surface area contributed by atoms with Gasteiger partial charge in [-0.1, -0.05) is 26.2 Å². The summed E-state index contributed by atoms with van der Waals surface area (Å²) in [5, 5.41) is 0. The molecule has 0 spiro atoms. The van der Waals surface area contributed by atoms with Gasteiger partial charge < -0.3 is 9.64 Å². The molecule has 1 aromatic carbocycles. The number of hydrogen-bond acceptors (Lipinski definition) is 4. The summed E-state index contributed by atoms with van der Waals surface area (Å²) < 4.78 is 5.52. The van der Waals surface area contributed by atoms with Crippen molar-refractivity contribution in [3.05, 3.63) is 34.6 Å². The van der Waals surface area contributed by atoms with Crippen molar-refractivity contribution in [2.24, 2.45) is 4.99 Å². The molecule has 1 atom stereocenters. The standard InChI is InChI=1S/C23H32N2O2/c1-3-4-5-8-18(2)24-17-27-22(16-26)15-19-13-20-9-6-11-25-12-7-10-21(14-19)23(20)25/h13-18H,3-12H2,1-2H3/b22-15+,24-17?. The Labute approximate surface area is 163 Å². The predicted octanol–water partition coefficient (Wildman–Crippen LogP) is 4.94. The highest BCUT2D eigenvalue weighted by atomic mass is 16.5. The van der Waals surface area contributed by atoms with Gasteiger partial charge in [-0.05, 0) is 73.9 Å². The fourth-order valence-electron chi connectivity index (χ4n) is 4.13. The Morgan fingerprint density at radius 3 is 2.56 bits per heavy atom. The quantitative estimate of drug-likeness (QED) is 0.155. The largest absolute Gasteiger partial charge is 0.443 e. The minimum absolute atomic E-state index is 0.226. The van der Waals surface area contributed by atoms with E-state index in [0.29, 0.717) is 5.76 Å². The summed E-state index contributed by atoms with van der Waals surface area (Å²) in [7, 11) is 0. The van der Waals surface area contributed by atoms with Crippen LogP contribution >= 0.6 is 0 Å². The molecular formula is C23H32N2O2. The molecule has 4 nitrogen and oxygen atoms in total. The monoisotopic (exact) mass is 368 g/mol. The molecule has 0 aliphatic carbocycles. The number of aryl methyl sites for hydroxylation is 2. The first-order valence-electron chi connectivity index (χ1n) is 10.5. The number of allylic oxidation sites excluding steroid dienone is 1. The van der Waals surface area contributed by atoms with Crippen LogP contribution in [0.15, 0.2) is 22.9 Å². The van der Waals surface area contributed by atoms with Crippen LogP contribution in [-0.2, 0) is 22.4 Å². The van der Waals surface area contributed by atoms with Crippen molar-refractivity contribution >= 4 is 24.5 Å². The van der Waals surface area contributed by atoms with Crippen LogP contribution in [0.5, 0.6) is 0 Å². The highest BCUT2D eigenvalue weighted by Crippen LogP contribution is 2.36. The Morgan fingerprint density at radius 1 is 1.22 bits per heavy atom. The second kappa shape index (κ2) is 9.72. The van der Waals surface area contributed by atoms with Gasteiger partial charge in [-0.25, -0.2) is 0 Å². The number of ether oxygens (including phenoxy) is 1. The summed E-state index contributed by atoms with van der Waals surface area (Å²) in [6, 6.07) is 4.66. The zero-order valence-electron chi connectivity index (χ0n) is 16.7. The van der Waals surface area contributed by atoms with E-state index in [9.17, 15) is 4.79 Å². The SMILES string of the molecule is CCCCCC(C)N=CO/C(C=O)=C/c1cc2c3c(c1)CCCN3CCC2. The number of anilines is 1. The predicted molar refractivity (Wildman–Crippen MR) is 113 cm³/mol. The first kappa shape index (κ1) is 19.7. The number of carbonyl (C=O) groups excluding carboxylic acids is 1. The highest BCUT2D eigenvalue weighted by molar-refractivity contribution is 5.82. The molecule has 4 heteroatoms. The molecule has 3 rings (SSSR count). The molecule has 2 aliphatic rings. The average Bonchev–Trinajstić information content (AvgIpc) is 2.68. The van der Waals surface area contributed by atoms with Crippen LogP contribution in [-0.4, -0.2) is 31.8 Å². The number of unbranched alkanes of at least 4 members (excludes halogenated alkanes) is 2. The van der Waals surface area contributed by atoms with E-state index in [4.69, 9.17) is 4.74 Å². The summed E-state index contributed by atoms with van der Waals surface area (Å²) in [5.41, 5.74) is 5.32. The lowest BCUT2D eigenvalue weighted by Gasteiger charge is -2.37. The molecule has 146 valence electrons. The van der Waals surface area contributed by atoms with Crippen LogP contribution in [0.2, 0.25) is 0 Å². The van der Waals surface area contributed by atoms with E-state index in [-0.39, 0.29) is 6.04 Å². The minimum atomic E-state index is 0.226. The number of carbonyl (C=O) groups is 1. The van der Waals surface area contributed by atoms with Crippen LogP contribution in [0.25, 0.3) is 6.08 Å². The molecule has 0 N–H and O–H groups in total. The van der Waals surface area contributed by atoms with Crippen LogP contribution in [0.1, 0.15) is 69.1 Å². The lowest BCUT2D eigenvalue weighted by Crippen LogP contribution is -2.34. The summed E-state index contributed by atoms with van der Waals surface area (Å²) in [6.45, 7) is 6.62. The van der Waals surface area contributed by atoms with Gasteiger partial charge in [0, 0.05) is 18.8 Å². The van der Waals surface area contributed by atoms with Crippen molar-refractivity contribution in [2.75, 3.05) is 18.0 Å². The Hall–Kier alpha value is -2.10. The summed E-state index contributed by atoms with van der Waals surface area (Å²) in [5.74, 6) is 0.315. The molecule has 0 amide bonds. The van der Waals surface area contributed by atoms with Gasteiger partial charge >= 0.3 is 0 Å². The van der Waals surface area contributed by atoms with E-state index >= 15 is 0 Å². The topological polar surface area (TPSA) is 41.9 Å². The first-order valence-corrected chi connectivity index (χ1v) is 10.5. The molecule has 0 bridgehead atoms. The number of rotatable bonds is 9. The molecule has 1 unspecified atom stereocenters. The lowest BCUT2D eigenvalue weighted by atomic mass is 9.90. The van der Waals surface area contributed by atoms with Gasteiger partial charge in [0.15, 0.2) is 18.4 Å². The molecular weight excluding hydrogens is 336 g/mol. The van der Waals surface area contributed by atoms with Crippen molar-refractivity contribution in [1.29, 1.82) is 0 Å². The van der Waals surface area contributed by atoms with Crippen LogP contribution in [0, 0.1) is 0 Å². The lowest BCUT2D eigenvalue weighted by molar-refractivity contribution is -0.106. The maximum Gasteiger partial charge on any atom is 0.185 e. The van der Waals surface area contributed by atoms with E-state index < -0.39 is 0 Å². The fraction of sp³-hybridized carbons (Fsp3) is 0.565. The number of benzene rings is 1. The van der Waals surface area contributed by atoms with Crippen LogP contribution in [0.3, 0.4) is 0 Å². The molecule has 0 saturated heterocycles. The molecule has 27 heavy (non-hydrogen) atoms. The minimum Gasteiger partial charge on any atom is -0.443 e. The zero-order valence-corrected chi connectivity index (χ0v) is 16.7. The Kier molecular flexibility index (Phi) is 7.08. The van der Waals surface area contributed by atoms with Gasteiger partial charge in [0.05, 0.1) is 6.04 Å². The van der Waals surface area contributed by atoms with Gasteiger partial charge in [0.25, 0.3) is 0 Å². The second-order valence-corrected chi connectivity index (χ2v) is 7.76. The van der Waals surface area contributed by atoms with Crippen molar-refractivity contribution in [2.45, 2.75) is 71.3 Å². The van der Waals surface area contributed by atoms with E-state index in [0.717, 1.165) is 31.1 Å². The fourth-order valence-corrected chi connectivity index (χ4v) is 4.13. The Morgan fingerprint density at radius 2 is 1.93 bits per heavy atom. The van der Waals surface area contributed by atoms with Gasteiger partial charge in [-0.2, -0.15) is 0 Å². The number of aldehydes is 1. The maximum absolute atomic E-state index is 11.4. The van der Waals surface area contributed by atoms with Crippen molar-refractivity contribution in [1.82, 2.24) is 0 Å². The maximum atomic E-state index is 11.4. The van der Waals surface area contributed by atoms with Crippen LogP contribution < -0.4 is 4.90 Å². The normalized spacial score (nSPS) is 17.7. The number of aliphatic imine (C=N–C) groups is 1. The van der Waals surface area contributed by atoms with Crippen molar-refractivity contribution in [3.8, 4) is 0 Å². The number of nitrogens with zero attached hydrogens (tertiary/aromatic N) is 2. The second-order valence-electron chi connectivity index (χ2n) is 7.76. The third-order valence-electron chi connectivity index (χ3n) is 5.51. The number of hydrogen-bond donors (Lipinski definition) is 0. The summed E-state index contributed by atoms with van der Waals surface area (Å²) in [4.78, 5) is 18.4. The summed E-state index contributed by atoms with van der Waals surface area (Å²) >= 11 is 0. The smallest absolute Gasteiger partial charge is 0.185 e. The Bertz CT molecular complexity index is 677. The van der Waals surface area contributed by atoms with E-state index in [1.165, 1.54) is 68.4 Å². The van der Waals surface area contributed by atoms with Gasteiger partial charge in [-0.3, -0.25) is 9.79 Å². The third-order valence-corrected chi connectivity index (χ3v) is 5.51. The van der Waals surface area contributed by atoms with Gasteiger partial charge in [0.1, 0.15) is 0 Å².